The summed E-state index contributed by atoms with van der Waals surface area (Å²) in [7, 11) is 0. The number of carbonyl (C=O) groups is 1. The average Bonchev–Trinajstić information content (AvgIpc) is 3.37. The Hall–Kier alpha value is -4.47. The van der Waals surface area contributed by atoms with Crippen molar-refractivity contribution in [3.05, 3.63) is 84.2 Å². The number of aryl methyl sites for hydroxylation is 2. The zero-order valence-corrected chi connectivity index (χ0v) is 17.5. The van der Waals surface area contributed by atoms with Crippen molar-refractivity contribution in [1.82, 2.24) is 24.3 Å². The van der Waals surface area contributed by atoms with E-state index in [1.54, 1.807) is 36.7 Å². The fraction of sp³-hybridized carbons (Fsp3) is 0.0870. The molecule has 10 heteroatoms. The van der Waals surface area contributed by atoms with E-state index in [1.807, 2.05) is 0 Å². The fourth-order valence-corrected chi connectivity index (χ4v) is 3.49. The van der Waals surface area contributed by atoms with Gasteiger partial charge in [-0.05, 0) is 31.2 Å². The van der Waals surface area contributed by atoms with E-state index in [0.717, 1.165) is 6.20 Å². The summed E-state index contributed by atoms with van der Waals surface area (Å²) in [5.41, 5.74) is 2.14. The quantitative estimate of drug-likeness (QED) is 0.434. The first kappa shape index (κ1) is 20.4. The van der Waals surface area contributed by atoms with Crippen molar-refractivity contribution in [2.75, 3.05) is 5.32 Å². The Kier molecular flexibility index (Phi) is 4.89. The lowest BCUT2D eigenvalue weighted by Crippen LogP contribution is -2.12. The van der Waals surface area contributed by atoms with E-state index in [2.05, 4.69) is 25.3 Å². The van der Waals surface area contributed by atoms with Crippen molar-refractivity contribution in [2.24, 2.45) is 0 Å². The molecule has 0 bridgehead atoms. The molecule has 1 N–H and O–H groups in total. The number of imidazole rings is 1. The minimum Gasteiger partial charge on any atom is -0.436 e. The minimum absolute atomic E-state index is 0.0891. The highest BCUT2D eigenvalue weighted by molar-refractivity contribution is 6.03. The van der Waals surface area contributed by atoms with Crippen LogP contribution in [0.1, 0.15) is 22.1 Å². The summed E-state index contributed by atoms with van der Waals surface area (Å²) in [6.07, 6.45) is 7.32. The molecule has 0 saturated carbocycles. The van der Waals surface area contributed by atoms with Crippen LogP contribution in [0.5, 0.6) is 0 Å². The Bertz CT molecular complexity index is 1520. The van der Waals surface area contributed by atoms with Crippen molar-refractivity contribution >= 4 is 17.4 Å². The van der Waals surface area contributed by atoms with Crippen LogP contribution in [-0.4, -0.2) is 30.2 Å². The maximum Gasteiger partial charge on any atom is 0.293 e. The molecule has 0 unspecified atom stereocenters. The first-order valence-electron chi connectivity index (χ1n) is 9.89. The van der Waals surface area contributed by atoms with Crippen LogP contribution in [0.25, 0.3) is 28.2 Å². The second-order valence-electron chi connectivity index (χ2n) is 7.33. The molecule has 4 heterocycles. The van der Waals surface area contributed by atoms with E-state index >= 15 is 0 Å². The molecule has 33 heavy (non-hydrogen) atoms. The van der Waals surface area contributed by atoms with E-state index in [4.69, 9.17) is 4.42 Å². The third kappa shape index (κ3) is 3.82. The number of nitrogens with zero attached hydrogens (tertiary/aromatic N) is 5. The second-order valence-corrected chi connectivity index (χ2v) is 7.33. The van der Waals surface area contributed by atoms with Gasteiger partial charge in [0.1, 0.15) is 11.6 Å². The maximum absolute atomic E-state index is 14.6. The number of pyridine rings is 1. The molecule has 0 atom stereocenters. The van der Waals surface area contributed by atoms with Gasteiger partial charge in [0.05, 0.1) is 17.6 Å². The standard InChI is InChI=1S/C23H16F2N6O2/c1-12-21(33-13(2)28-12)22(32)29-15-3-4-18(24)17(7-15)20-11-31-10-14(8-27-23(31)30-20)16-5-6-26-9-19(16)25/h3-11H,1-2H3,(H,29,32). The van der Waals surface area contributed by atoms with Gasteiger partial charge in [0, 0.05) is 54.1 Å². The molecule has 0 aliphatic carbocycles. The van der Waals surface area contributed by atoms with Gasteiger partial charge in [0.2, 0.25) is 11.5 Å². The molecule has 0 aliphatic rings. The van der Waals surface area contributed by atoms with Gasteiger partial charge in [0.25, 0.3) is 5.91 Å². The number of rotatable bonds is 4. The molecular weight excluding hydrogens is 430 g/mol. The third-order valence-corrected chi connectivity index (χ3v) is 5.00. The molecule has 0 fully saturated rings. The highest BCUT2D eigenvalue weighted by atomic mass is 19.1. The number of fused-ring (bicyclic) bond motifs is 1. The molecular formula is C23H16F2N6O2. The van der Waals surface area contributed by atoms with Gasteiger partial charge in [0.15, 0.2) is 5.89 Å². The van der Waals surface area contributed by atoms with Gasteiger partial charge in [-0.15, -0.1) is 0 Å². The molecule has 0 aliphatic heterocycles. The number of aromatic nitrogens is 5. The van der Waals surface area contributed by atoms with Crippen LogP contribution >= 0.6 is 0 Å². The Balaban J connectivity index is 1.48. The lowest BCUT2D eigenvalue weighted by atomic mass is 10.1. The van der Waals surface area contributed by atoms with Crippen LogP contribution in [0.3, 0.4) is 0 Å². The number of halogens is 2. The van der Waals surface area contributed by atoms with Crippen molar-refractivity contribution in [1.29, 1.82) is 0 Å². The third-order valence-electron chi connectivity index (χ3n) is 5.00. The van der Waals surface area contributed by atoms with Gasteiger partial charge < -0.3 is 9.73 Å². The predicted molar refractivity (Wildman–Crippen MR) is 116 cm³/mol. The summed E-state index contributed by atoms with van der Waals surface area (Å²) >= 11 is 0. The number of oxazole rings is 1. The number of nitrogens with one attached hydrogen (secondary N) is 1. The predicted octanol–water partition coefficient (Wildman–Crippen LogP) is 4.59. The maximum atomic E-state index is 14.6. The van der Waals surface area contributed by atoms with Crippen LogP contribution in [-0.2, 0) is 0 Å². The molecule has 164 valence electrons. The van der Waals surface area contributed by atoms with Gasteiger partial charge in [-0.3, -0.25) is 14.2 Å². The monoisotopic (exact) mass is 446 g/mol. The fourth-order valence-electron chi connectivity index (χ4n) is 3.49. The van der Waals surface area contributed by atoms with Crippen molar-refractivity contribution in [3.63, 3.8) is 0 Å². The van der Waals surface area contributed by atoms with Crippen LogP contribution in [0.4, 0.5) is 14.5 Å². The van der Waals surface area contributed by atoms with E-state index in [1.165, 1.54) is 30.6 Å². The molecule has 8 nitrogen and oxygen atoms in total. The normalized spacial score (nSPS) is 11.2. The summed E-state index contributed by atoms with van der Waals surface area (Å²) in [5.74, 6) is -0.725. The summed E-state index contributed by atoms with van der Waals surface area (Å²) in [5, 5.41) is 2.68. The first-order valence-corrected chi connectivity index (χ1v) is 9.89. The average molecular weight is 446 g/mol. The molecule has 0 spiro atoms. The molecule has 1 aromatic carbocycles. The van der Waals surface area contributed by atoms with E-state index in [0.29, 0.717) is 39.9 Å². The lowest BCUT2D eigenvalue weighted by Gasteiger charge is -2.06. The highest BCUT2D eigenvalue weighted by Crippen LogP contribution is 2.27. The van der Waals surface area contributed by atoms with Gasteiger partial charge >= 0.3 is 0 Å². The SMILES string of the molecule is Cc1nc(C)c(C(=O)Nc2ccc(F)c(-c3cn4cc(-c5ccncc5F)cnc4n3)c2)o1. The molecule has 0 radical (unpaired) electrons. The van der Waals surface area contributed by atoms with Gasteiger partial charge in [-0.1, -0.05) is 0 Å². The lowest BCUT2D eigenvalue weighted by molar-refractivity contribution is 0.0994. The van der Waals surface area contributed by atoms with Gasteiger partial charge in [-0.2, -0.15) is 0 Å². The van der Waals surface area contributed by atoms with Crippen LogP contribution in [0.2, 0.25) is 0 Å². The molecule has 4 aromatic heterocycles. The summed E-state index contributed by atoms with van der Waals surface area (Å²) in [6, 6.07) is 5.68. The molecule has 0 saturated heterocycles. The van der Waals surface area contributed by atoms with Gasteiger partial charge in [-0.25, -0.2) is 23.7 Å². The number of hydrogen-bond donors (Lipinski definition) is 1. The van der Waals surface area contributed by atoms with Crippen LogP contribution in [0, 0.1) is 25.5 Å². The smallest absolute Gasteiger partial charge is 0.293 e. The summed E-state index contributed by atoms with van der Waals surface area (Å²) < 4.78 is 35.6. The topological polar surface area (TPSA) is 98.2 Å². The Morgan fingerprint density at radius 3 is 2.64 bits per heavy atom. The molecule has 5 aromatic rings. The number of anilines is 1. The van der Waals surface area contributed by atoms with Crippen molar-refractivity contribution in [2.45, 2.75) is 13.8 Å². The largest absolute Gasteiger partial charge is 0.436 e. The number of hydrogen-bond acceptors (Lipinski definition) is 6. The zero-order valence-electron chi connectivity index (χ0n) is 17.5. The molecule has 5 rings (SSSR count). The van der Waals surface area contributed by atoms with Crippen molar-refractivity contribution in [3.8, 4) is 22.4 Å². The first-order chi connectivity index (χ1) is 15.9. The summed E-state index contributed by atoms with van der Waals surface area (Å²) in [6.45, 7) is 3.31. The van der Waals surface area contributed by atoms with Crippen LogP contribution < -0.4 is 5.32 Å². The van der Waals surface area contributed by atoms with E-state index in [-0.39, 0.29) is 11.3 Å². The summed E-state index contributed by atoms with van der Waals surface area (Å²) in [4.78, 5) is 29.0. The number of carbonyl (C=O) groups excluding carboxylic acids is 1. The van der Waals surface area contributed by atoms with E-state index in [9.17, 15) is 13.6 Å². The second kappa shape index (κ2) is 7.90. The Labute approximate surface area is 186 Å². The highest BCUT2D eigenvalue weighted by Gasteiger charge is 2.18. The number of benzene rings is 1. The Morgan fingerprint density at radius 2 is 1.88 bits per heavy atom. The Morgan fingerprint density at radius 1 is 1.03 bits per heavy atom. The zero-order chi connectivity index (χ0) is 23.1. The van der Waals surface area contributed by atoms with E-state index < -0.39 is 17.5 Å². The number of amides is 1. The molecule has 1 amide bonds. The minimum atomic E-state index is -0.525. The van der Waals surface area contributed by atoms with Crippen LogP contribution in [0.15, 0.2) is 59.7 Å². The van der Waals surface area contributed by atoms with Crippen molar-refractivity contribution < 1.29 is 18.0 Å².